The van der Waals surface area contributed by atoms with E-state index in [1.54, 1.807) is 6.07 Å². The van der Waals surface area contributed by atoms with Crippen LogP contribution in [0.5, 0.6) is 11.8 Å². The Labute approximate surface area is 182 Å². The normalized spacial score (nSPS) is 22.1. The van der Waals surface area contributed by atoms with Crippen LogP contribution in [0.3, 0.4) is 0 Å². The van der Waals surface area contributed by atoms with Crippen LogP contribution in [0, 0.1) is 0 Å². The summed E-state index contributed by atoms with van der Waals surface area (Å²) in [5.74, 6) is 1.55. The van der Waals surface area contributed by atoms with Gasteiger partial charge in [0.05, 0.1) is 19.8 Å². The molecule has 7 heteroatoms. The van der Waals surface area contributed by atoms with E-state index in [1.165, 1.54) is 37.7 Å². The van der Waals surface area contributed by atoms with Gasteiger partial charge in [-0.25, -0.2) is 0 Å². The molecule has 0 N–H and O–H groups in total. The smallest absolute Gasteiger partial charge is 0.300 e. The number of rotatable bonds is 6. The highest BCUT2D eigenvalue weighted by Gasteiger charge is 2.27. The second kappa shape index (κ2) is 9.40. The van der Waals surface area contributed by atoms with E-state index in [1.807, 2.05) is 4.57 Å². The van der Waals surface area contributed by atoms with Crippen molar-refractivity contribution < 1.29 is 14.2 Å². The Morgan fingerprint density at radius 2 is 1.84 bits per heavy atom. The molecule has 5 rings (SSSR count). The van der Waals surface area contributed by atoms with Crippen molar-refractivity contribution in [3.63, 3.8) is 0 Å². The van der Waals surface area contributed by atoms with Crippen molar-refractivity contribution in [2.75, 3.05) is 32.9 Å². The van der Waals surface area contributed by atoms with Crippen LogP contribution in [0.15, 0.2) is 35.1 Å². The van der Waals surface area contributed by atoms with Crippen LogP contribution < -0.4 is 15.0 Å². The van der Waals surface area contributed by atoms with Gasteiger partial charge in [0.25, 0.3) is 5.56 Å². The van der Waals surface area contributed by atoms with Crippen LogP contribution in [-0.4, -0.2) is 53.5 Å². The molecule has 31 heavy (non-hydrogen) atoms. The lowest BCUT2D eigenvalue weighted by atomic mass is 9.84. The molecule has 3 heterocycles. The van der Waals surface area contributed by atoms with Crippen LogP contribution in [0.1, 0.15) is 49.3 Å². The lowest BCUT2D eigenvalue weighted by Gasteiger charge is -2.27. The van der Waals surface area contributed by atoms with E-state index >= 15 is 0 Å². The number of fused-ring (bicyclic) bond motifs is 1. The number of hydrogen-bond acceptors (Lipinski definition) is 6. The van der Waals surface area contributed by atoms with Gasteiger partial charge in [-0.2, -0.15) is 4.98 Å². The summed E-state index contributed by atoms with van der Waals surface area (Å²) in [6, 6.07) is 10.6. The molecule has 1 aliphatic carbocycles. The van der Waals surface area contributed by atoms with Gasteiger partial charge in [0, 0.05) is 31.4 Å². The van der Waals surface area contributed by atoms with E-state index in [4.69, 9.17) is 14.2 Å². The van der Waals surface area contributed by atoms with E-state index < -0.39 is 0 Å². The quantitative estimate of drug-likeness (QED) is 0.709. The summed E-state index contributed by atoms with van der Waals surface area (Å²) in [5, 5.41) is 0. The summed E-state index contributed by atoms with van der Waals surface area (Å²) in [5.41, 5.74) is 2.11. The van der Waals surface area contributed by atoms with E-state index in [-0.39, 0.29) is 11.7 Å². The molecule has 0 spiro atoms. The highest BCUT2D eigenvalue weighted by Crippen LogP contribution is 2.33. The molecule has 2 aromatic rings. The molecule has 3 aliphatic rings. The molecule has 0 amide bonds. The summed E-state index contributed by atoms with van der Waals surface area (Å²) in [4.78, 5) is 18.4. The first-order valence-corrected chi connectivity index (χ1v) is 11.5. The molecule has 0 radical (unpaired) electrons. The SMILES string of the molecule is O=c1cc(CN2CCOCC2)n2c(n1)O[C@H](COc1ccc(C3CCCCC3)cc1)C2. The first-order valence-electron chi connectivity index (χ1n) is 11.5. The standard InChI is InChI=1S/C24H31N3O4/c28-23-14-20(15-26-10-12-29-13-11-26)27-16-22(31-24(27)25-23)17-30-21-8-6-19(7-9-21)18-4-2-1-3-5-18/h6-9,14,18,22H,1-5,10-13,15-17H2/t22-/m0/s1. The van der Waals surface area contributed by atoms with Crippen molar-refractivity contribution in [1.82, 2.24) is 14.5 Å². The first kappa shape index (κ1) is 20.5. The number of morpholine rings is 1. The van der Waals surface area contributed by atoms with Gasteiger partial charge in [0.2, 0.25) is 0 Å². The van der Waals surface area contributed by atoms with Crippen LogP contribution in [0.4, 0.5) is 0 Å². The minimum Gasteiger partial charge on any atom is -0.490 e. The molecule has 1 aromatic carbocycles. The average Bonchev–Trinajstić information content (AvgIpc) is 3.22. The van der Waals surface area contributed by atoms with Gasteiger partial charge in [-0.3, -0.25) is 14.3 Å². The van der Waals surface area contributed by atoms with Gasteiger partial charge in [-0.15, -0.1) is 0 Å². The third-order valence-corrected chi connectivity index (χ3v) is 6.61. The number of aromatic nitrogens is 2. The zero-order valence-electron chi connectivity index (χ0n) is 18.0. The van der Waals surface area contributed by atoms with E-state index in [0.29, 0.717) is 31.6 Å². The fraction of sp³-hybridized carbons (Fsp3) is 0.583. The molecule has 166 valence electrons. The molecule has 2 aliphatic heterocycles. The Kier molecular flexibility index (Phi) is 6.22. The van der Waals surface area contributed by atoms with Gasteiger partial charge in [-0.05, 0) is 36.5 Å². The van der Waals surface area contributed by atoms with Crippen molar-refractivity contribution in [1.29, 1.82) is 0 Å². The molecule has 1 saturated heterocycles. The topological polar surface area (TPSA) is 65.8 Å². The van der Waals surface area contributed by atoms with Crippen molar-refractivity contribution in [3.05, 3.63) is 51.9 Å². The summed E-state index contributed by atoms with van der Waals surface area (Å²) in [6.45, 7) is 4.98. The second-order valence-electron chi connectivity index (χ2n) is 8.82. The Morgan fingerprint density at radius 1 is 1.06 bits per heavy atom. The molecule has 1 saturated carbocycles. The fourth-order valence-corrected chi connectivity index (χ4v) is 4.87. The maximum atomic E-state index is 12.1. The third kappa shape index (κ3) is 4.93. The Hall–Kier alpha value is -2.38. The van der Waals surface area contributed by atoms with Gasteiger partial charge in [-0.1, -0.05) is 31.4 Å². The summed E-state index contributed by atoms with van der Waals surface area (Å²) in [6.07, 6.45) is 6.49. The highest BCUT2D eigenvalue weighted by molar-refractivity contribution is 5.29. The zero-order chi connectivity index (χ0) is 21.0. The van der Waals surface area contributed by atoms with Crippen LogP contribution in [0.25, 0.3) is 0 Å². The first-order chi connectivity index (χ1) is 15.2. The van der Waals surface area contributed by atoms with Crippen molar-refractivity contribution in [2.24, 2.45) is 0 Å². The van der Waals surface area contributed by atoms with Gasteiger partial charge >= 0.3 is 6.01 Å². The Balaban J connectivity index is 1.19. The predicted octanol–water partition coefficient (Wildman–Crippen LogP) is 2.96. The minimum atomic E-state index is -0.255. The average molecular weight is 426 g/mol. The number of nitrogens with zero attached hydrogens (tertiary/aromatic N) is 3. The van der Waals surface area contributed by atoms with Gasteiger partial charge < -0.3 is 14.2 Å². The van der Waals surface area contributed by atoms with Crippen molar-refractivity contribution >= 4 is 0 Å². The molecular weight excluding hydrogens is 394 g/mol. The van der Waals surface area contributed by atoms with Crippen LogP contribution in [0.2, 0.25) is 0 Å². The lowest BCUT2D eigenvalue weighted by molar-refractivity contribution is 0.0331. The molecule has 7 nitrogen and oxygen atoms in total. The van der Waals surface area contributed by atoms with Crippen LogP contribution >= 0.6 is 0 Å². The Morgan fingerprint density at radius 3 is 2.61 bits per heavy atom. The molecule has 1 aromatic heterocycles. The summed E-state index contributed by atoms with van der Waals surface area (Å²) in [7, 11) is 0. The lowest BCUT2D eigenvalue weighted by Crippen LogP contribution is -2.36. The monoisotopic (exact) mass is 425 g/mol. The van der Waals surface area contributed by atoms with E-state index in [9.17, 15) is 4.79 Å². The van der Waals surface area contributed by atoms with Crippen molar-refractivity contribution in [3.8, 4) is 11.8 Å². The minimum absolute atomic E-state index is 0.157. The fourth-order valence-electron chi connectivity index (χ4n) is 4.87. The molecule has 1 atom stereocenters. The number of ether oxygens (including phenoxy) is 3. The molecule has 0 bridgehead atoms. The number of hydrogen-bond donors (Lipinski definition) is 0. The van der Waals surface area contributed by atoms with E-state index in [0.717, 1.165) is 37.7 Å². The zero-order valence-corrected chi connectivity index (χ0v) is 18.0. The largest absolute Gasteiger partial charge is 0.490 e. The van der Waals surface area contributed by atoms with E-state index in [2.05, 4.69) is 34.1 Å². The van der Waals surface area contributed by atoms with Crippen LogP contribution in [-0.2, 0) is 17.8 Å². The maximum Gasteiger partial charge on any atom is 0.300 e. The second-order valence-corrected chi connectivity index (χ2v) is 8.82. The Bertz CT molecular complexity index is 931. The highest BCUT2D eigenvalue weighted by atomic mass is 16.6. The van der Waals surface area contributed by atoms with Gasteiger partial charge in [0.1, 0.15) is 12.4 Å². The maximum absolute atomic E-state index is 12.1. The predicted molar refractivity (Wildman–Crippen MR) is 117 cm³/mol. The number of benzene rings is 1. The van der Waals surface area contributed by atoms with Crippen molar-refractivity contribution in [2.45, 2.75) is 57.2 Å². The molecular formula is C24H31N3O4. The van der Waals surface area contributed by atoms with Gasteiger partial charge in [0.15, 0.2) is 6.10 Å². The molecule has 0 unspecified atom stereocenters. The molecule has 2 fully saturated rings. The summed E-state index contributed by atoms with van der Waals surface area (Å²) < 4.78 is 19.4. The summed E-state index contributed by atoms with van der Waals surface area (Å²) >= 11 is 0. The third-order valence-electron chi connectivity index (χ3n) is 6.61.